The first-order valence-electron chi connectivity index (χ1n) is 6.20. The number of halogens is 2. The molecule has 0 aliphatic heterocycles. The standard InChI is InChI=1S/C15H14Cl2N2O2/c1-9-4-2-3-5-13(9)19-14(20)8-21-15-11(16)6-10(18)7-12(15)17/h2-7H,8,18H2,1H3,(H,19,20). The highest BCUT2D eigenvalue weighted by atomic mass is 35.5. The molecule has 0 spiro atoms. The lowest BCUT2D eigenvalue weighted by atomic mass is 10.2. The summed E-state index contributed by atoms with van der Waals surface area (Å²) in [6.45, 7) is 1.71. The lowest BCUT2D eigenvalue weighted by Gasteiger charge is -2.12. The number of aryl methyl sites for hydroxylation is 1. The quantitative estimate of drug-likeness (QED) is 0.838. The van der Waals surface area contributed by atoms with Gasteiger partial charge in [0.25, 0.3) is 5.91 Å². The molecule has 0 heterocycles. The van der Waals surface area contributed by atoms with Crippen LogP contribution >= 0.6 is 23.2 Å². The average Bonchev–Trinajstić information content (AvgIpc) is 2.40. The lowest BCUT2D eigenvalue weighted by molar-refractivity contribution is -0.118. The largest absolute Gasteiger partial charge is 0.481 e. The highest BCUT2D eigenvalue weighted by Crippen LogP contribution is 2.35. The lowest BCUT2D eigenvalue weighted by Crippen LogP contribution is -2.20. The van der Waals surface area contributed by atoms with Crippen molar-refractivity contribution in [2.24, 2.45) is 0 Å². The van der Waals surface area contributed by atoms with Crippen LogP contribution in [-0.2, 0) is 4.79 Å². The van der Waals surface area contributed by atoms with Crippen molar-refractivity contribution >= 4 is 40.5 Å². The van der Waals surface area contributed by atoms with E-state index in [1.165, 1.54) is 12.1 Å². The summed E-state index contributed by atoms with van der Waals surface area (Å²) >= 11 is 12.0. The summed E-state index contributed by atoms with van der Waals surface area (Å²) in [5, 5.41) is 3.29. The topological polar surface area (TPSA) is 64.3 Å². The molecule has 0 aliphatic rings. The third-order valence-corrected chi connectivity index (χ3v) is 3.35. The van der Waals surface area contributed by atoms with Gasteiger partial charge in [0.1, 0.15) is 0 Å². The molecular weight excluding hydrogens is 311 g/mol. The molecule has 2 aromatic rings. The number of benzene rings is 2. The predicted molar refractivity (Wildman–Crippen MR) is 86.2 cm³/mol. The van der Waals surface area contributed by atoms with Crippen LogP contribution < -0.4 is 15.8 Å². The second-order valence-electron chi connectivity index (χ2n) is 4.47. The Bertz CT molecular complexity index is 651. The third-order valence-electron chi connectivity index (χ3n) is 2.79. The van der Waals surface area contributed by atoms with Crippen LogP contribution in [0.3, 0.4) is 0 Å². The number of carbonyl (C=O) groups is 1. The van der Waals surface area contributed by atoms with Crippen LogP contribution in [0, 0.1) is 6.92 Å². The molecule has 0 unspecified atom stereocenters. The monoisotopic (exact) mass is 324 g/mol. The number of hydrogen-bond donors (Lipinski definition) is 2. The molecular formula is C15H14Cl2N2O2. The highest BCUT2D eigenvalue weighted by molar-refractivity contribution is 6.37. The van der Waals surface area contributed by atoms with Gasteiger partial charge in [-0.25, -0.2) is 0 Å². The van der Waals surface area contributed by atoms with Crippen LogP contribution in [-0.4, -0.2) is 12.5 Å². The molecule has 0 fully saturated rings. The van der Waals surface area contributed by atoms with Crippen molar-refractivity contribution in [3.05, 3.63) is 52.0 Å². The Morgan fingerprint density at radius 3 is 2.48 bits per heavy atom. The van der Waals surface area contributed by atoms with Crippen LogP contribution in [0.5, 0.6) is 5.75 Å². The fourth-order valence-electron chi connectivity index (χ4n) is 1.75. The molecule has 0 bridgehead atoms. The van der Waals surface area contributed by atoms with E-state index < -0.39 is 0 Å². The molecule has 0 saturated heterocycles. The number of rotatable bonds is 4. The van der Waals surface area contributed by atoms with Gasteiger partial charge >= 0.3 is 0 Å². The van der Waals surface area contributed by atoms with Crippen molar-refractivity contribution in [2.45, 2.75) is 6.92 Å². The summed E-state index contributed by atoms with van der Waals surface area (Å²) in [4.78, 5) is 11.9. The Kier molecular flexibility index (Phi) is 4.94. The molecule has 110 valence electrons. The summed E-state index contributed by atoms with van der Waals surface area (Å²) in [7, 11) is 0. The molecule has 0 atom stereocenters. The normalized spacial score (nSPS) is 10.2. The Morgan fingerprint density at radius 2 is 1.86 bits per heavy atom. The number of anilines is 2. The number of carbonyl (C=O) groups excluding carboxylic acids is 1. The minimum atomic E-state index is -0.298. The van der Waals surface area contributed by atoms with Crippen LogP contribution in [0.4, 0.5) is 11.4 Å². The highest BCUT2D eigenvalue weighted by Gasteiger charge is 2.11. The maximum absolute atomic E-state index is 11.9. The van der Waals surface area contributed by atoms with E-state index in [2.05, 4.69) is 5.32 Å². The number of ether oxygens (including phenoxy) is 1. The van der Waals surface area contributed by atoms with Gasteiger partial charge in [-0.15, -0.1) is 0 Å². The molecule has 2 aromatic carbocycles. The second-order valence-corrected chi connectivity index (χ2v) is 5.28. The predicted octanol–water partition coefficient (Wildman–Crippen LogP) is 3.90. The molecule has 0 aromatic heterocycles. The molecule has 6 heteroatoms. The summed E-state index contributed by atoms with van der Waals surface area (Å²) < 4.78 is 5.36. The molecule has 2 rings (SSSR count). The van der Waals surface area contributed by atoms with Gasteiger partial charge in [0, 0.05) is 11.4 Å². The zero-order chi connectivity index (χ0) is 15.4. The summed E-state index contributed by atoms with van der Waals surface area (Å²) in [5.41, 5.74) is 7.74. The van der Waals surface area contributed by atoms with Gasteiger partial charge in [-0.05, 0) is 30.7 Å². The molecule has 4 nitrogen and oxygen atoms in total. The minimum absolute atomic E-state index is 0.197. The van der Waals surface area contributed by atoms with E-state index in [0.29, 0.717) is 5.69 Å². The van der Waals surface area contributed by atoms with Crippen LogP contribution in [0.2, 0.25) is 10.0 Å². The van der Waals surface area contributed by atoms with Crippen LogP contribution in [0.15, 0.2) is 36.4 Å². The third kappa shape index (κ3) is 4.03. The van der Waals surface area contributed by atoms with Gasteiger partial charge in [0.15, 0.2) is 12.4 Å². The van der Waals surface area contributed by atoms with E-state index in [0.717, 1.165) is 11.3 Å². The van der Waals surface area contributed by atoms with E-state index in [4.69, 9.17) is 33.7 Å². The van der Waals surface area contributed by atoms with Crippen molar-refractivity contribution in [3.63, 3.8) is 0 Å². The van der Waals surface area contributed by atoms with Crippen molar-refractivity contribution in [1.82, 2.24) is 0 Å². The molecule has 1 amide bonds. The molecule has 0 radical (unpaired) electrons. The van der Waals surface area contributed by atoms with Gasteiger partial charge in [-0.1, -0.05) is 41.4 Å². The number of para-hydroxylation sites is 1. The zero-order valence-corrected chi connectivity index (χ0v) is 12.8. The molecule has 0 saturated carbocycles. The Morgan fingerprint density at radius 1 is 1.24 bits per heavy atom. The maximum Gasteiger partial charge on any atom is 0.262 e. The molecule has 0 aliphatic carbocycles. The zero-order valence-electron chi connectivity index (χ0n) is 11.3. The fraction of sp³-hybridized carbons (Fsp3) is 0.133. The van der Waals surface area contributed by atoms with Crippen molar-refractivity contribution < 1.29 is 9.53 Å². The van der Waals surface area contributed by atoms with Gasteiger partial charge in [0.2, 0.25) is 0 Å². The van der Waals surface area contributed by atoms with Gasteiger partial charge in [-0.2, -0.15) is 0 Å². The average molecular weight is 325 g/mol. The van der Waals surface area contributed by atoms with Gasteiger partial charge < -0.3 is 15.8 Å². The summed E-state index contributed by atoms with van der Waals surface area (Å²) in [6.07, 6.45) is 0. The molecule has 21 heavy (non-hydrogen) atoms. The van der Waals surface area contributed by atoms with Crippen molar-refractivity contribution in [3.8, 4) is 5.75 Å². The van der Waals surface area contributed by atoms with Gasteiger partial charge in [-0.3, -0.25) is 4.79 Å². The van der Waals surface area contributed by atoms with E-state index in [1.807, 2.05) is 31.2 Å². The van der Waals surface area contributed by atoms with Crippen LogP contribution in [0.1, 0.15) is 5.56 Å². The smallest absolute Gasteiger partial charge is 0.262 e. The number of nitrogen functional groups attached to an aromatic ring is 1. The Hall–Kier alpha value is -1.91. The first-order valence-corrected chi connectivity index (χ1v) is 6.96. The van der Waals surface area contributed by atoms with E-state index in [1.54, 1.807) is 0 Å². The summed E-state index contributed by atoms with van der Waals surface area (Å²) in [6, 6.07) is 10.5. The van der Waals surface area contributed by atoms with E-state index >= 15 is 0 Å². The van der Waals surface area contributed by atoms with Crippen LogP contribution in [0.25, 0.3) is 0 Å². The van der Waals surface area contributed by atoms with Gasteiger partial charge in [0.05, 0.1) is 10.0 Å². The van der Waals surface area contributed by atoms with E-state index in [9.17, 15) is 4.79 Å². The second kappa shape index (κ2) is 6.70. The van der Waals surface area contributed by atoms with Crippen molar-refractivity contribution in [1.29, 1.82) is 0 Å². The summed E-state index contributed by atoms with van der Waals surface area (Å²) in [5.74, 6) is -0.0549. The Balaban J connectivity index is 2.01. The number of hydrogen-bond acceptors (Lipinski definition) is 3. The van der Waals surface area contributed by atoms with Crippen molar-refractivity contribution in [2.75, 3.05) is 17.7 Å². The number of nitrogens with two attached hydrogens (primary N) is 1. The van der Waals surface area contributed by atoms with E-state index in [-0.39, 0.29) is 28.3 Å². The fourth-order valence-corrected chi connectivity index (χ4v) is 2.37. The maximum atomic E-state index is 11.9. The minimum Gasteiger partial charge on any atom is -0.481 e. The first kappa shape index (κ1) is 15.5. The Labute approximate surface area is 132 Å². The molecule has 3 N–H and O–H groups in total. The first-order chi connectivity index (χ1) is 9.97. The number of amides is 1. The SMILES string of the molecule is Cc1ccccc1NC(=O)COc1c(Cl)cc(N)cc1Cl. The number of nitrogens with one attached hydrogen (secondary N) is 1.